The first-order valence-electron chi connectivity index (χ1n) is 12.9. The van der Waals surface area contributed by atoms with E-state index in [9.17, 15) is 14.4 Å². The SMILES string of the molecule is CCCN(CC)C(=O)C(C)(C)n1c(=O)c2c(C)c(-n3cccn3)sc2n(CCc2ccccc2OC)c1=O. The molecule has 4 rings (SSSR count). The fourth-order valence-corrected chi connectivity index (χ4v) is 6.19. The number of thiophene rings is 1. The summed E-state index contributed by atoms with van der Waals surface area (Å²) in [7, 11) is 1.62. The number of rotatable bonds is 10. The molecule has 0 saturated heterocycles. The average molecular weight is 538 g/mol. The Morgan fingerprint density at radius 2 is 1.89 bits per heavy atom. The van der Waals surface area contributed by atoms with E-state index in [4.69, 9.17) is 4.74 Å². The van der Waals surface area contributed by atoms with Gasteiger partial charge in [-0.2, -0.15) is 5.10 Å². The lowest BCUT2D eigenvalue weighted by Gasteiger charge is -2.32. The molecule has 4 aromatic rings. The molecule has 3 aromatic heterocycles. The standard InChI is InChI=1S/C28H35N5O4S/c1-7-16-30(8-2)26(35)28(4,5)33-23(34)22-19(3)24(32-17-11-15-29-32)38-25(22)31(27(33)36)18-14-20-12-9-10-13-21(20)37-6/h9-13,15,17H,7-8,14,16,18H2,1-6H3. The van der Waals surface area contributed by atoms with Gasteiger partial charge in [-0.05, 0) is 58.2 Å². The van der Waals surface area contributed by atoms with Crippen LogP contribution >= 0.6 is 11.3 Å². The van der Waals surface area contributed by atoms with Crippen molar-refractivity contribution in [2.24, 2.45) is 0 Å². The fourth-order valence-electron chi connectivity index (χ4n) is 4.93. The van der Waals surface area contributed by atoms with E-state index in [1.807, 2.05) is 57.3 Å². The number of para-hydroxylation sites is 1. The van der Waals surface area contributed by atoms with E-state index in [0.717, 1.165) is 32.9 Å². The van der Waals surface area contributed by atoms with Gasteiger partial charge in [-0.1, -0.05) is 36.5 Å². The number of hydrogen-bond donors (Lipinski definition) is 0. The zero-order chi connectivity index (χ0) is 27.6. The molecule has 0 radical (unpaired) electrons. The monoisotopic (exact) mass is 537 g/mol. The van der Waals surface area contributed by atoms with Crippen LogP contribution in [0.15, 0.2) is 52.3 Å². The van der Waals surface area contributed by atoms with Crippen LogP contribution in [0.5, 0.6) is 5.75 Å². The Hall–Kier alpha value is -3.66. The molecule has 0 aliphatic rings. The van der Waals surface area contributed by atoms with Gasteiger partial charge in [-0.25, -0.2) is 14.0 Å². The van der Waals surface area contributed by atoms with E-state index in [0.29, 0.717) is 36.3 Å². The highest BCUT2D eigenvalue weighted by Crippen LogP contribution is 2.32. The summed E-state index contributed by atoms with van der Waals surface area (Å²) in [6.07, 6.45) is 4.77. The third-order valence-electron chi connectivity index (χ3n) is 6.94. The molecule has 9 nitrogen and oxygen atoms in total. The number of likely N-dealkylation sites (N-methyl/N-ethyl adjacent to an activating group) is 1. The van der Waals surface area contributed by atoms with Crippen molar-refractivity contribution in [2.45, 2.75) is 59.5 Å². The molecule has 1 aromatic carbocycles. The quantitative estimate of drug-likeness (QED) is 0.305. The van der Waals surface area contributed by atoms with Crippen molar-refractivity contribution in [3.63, 3.8) is 0 Å². The molecular weight excluding hydrogens is 502 g/mol. The van der Waals surface area contributed by atoms with E-state index < -0.39 is 16.8 Å². The minimum Gasteiger partial charge on any atom is -0.496 e. The summed E-state index contributed by atoms with van der Waals surface area (Å²) in [6.45, 7) is 10.4. The highest BCUT2D eigenvalue weighted by atomic mass is 32.1. The first kappa shape index (κ1) is 27.4. The van der Waals surface area contributed by atoms with Crippen molar-refractivity contribution in [3.8, 4) is 10.8 Å². The molecule has 202 valence electrons. The topological polar surface area (TPSA) is 91.4 Å². The second kappa shape index (κ2) is 11.0. The van der Waals surface area contributed by atoms with Gasteiger partial charge in [0.2, 0.25) is 5.91 Å². The normalized spacial score (nSPS) is 11.7. The van der Waals surface area contributed by atoms with E-state index in [1.165, 1.54) is 11.3 Å². The number of carbonyl (C=O) groups is 1. The Morgan fingerprint density at radius 1 is 1.16 bits per heavy atom. The number of aryl methyl sites for hydroxylation is 3. The molecule has 3 heterocycles. The summed E-state index contributed by atoms with van der Waals surface area (Å²) in [5.41, 5.74) is -0.667. The molecule has 38 heavy (non-hydrogen) atoms. The van der Waals surface area contributed by atoms with Gasteiger partial charge >= 0.3 is 5.69 Å². The Morgan fingerprint density at radius 3 is 2.53 bits per heavy atom. The number of hydrogen-bond acceptors (Lipinski definition) is 6. The van der Waals surface area contributed by atoms with Gasteiger partial charge in [-0.3, -0.25) is 14.2 Å². The maximum absolute atomic E-state index is 14.1. The Bertz CT molecular complexity index is 1560. The number of fused-ring (bicyclic) bond motifs is 1. The number of benzene rings is 1. The van der Waals surface area contributed by atoms with Crippen LogP contribution in [-0.4, -0.2) is 49.9 Å². The van der Waals surface area contributed by atoms with Crippen molar-refractivity contribution in [3.05, 3.63) is 74.7 Å². The zero-order valence-corrected chi connectivity index (χ0v) is 23.7. The van der Waals surface area contributed by atoms with Crippen LogP contribution in [0.25, 0.3) is 15.2 Å². The van der Waals surface area contributed by atoms with Crippen molar-refractivity contribution < 1.29 is 9.53 Å². The van der Waals surface area contributed by atoms with Gasteiger partial charge in [0.05, 0.1) is 12.5 Å². The van der Waals surface area contributed by atoms with Gasteiger partial charge in [0, 0.05) is 37.6 Å². The van der Waals surface area contributed by atoms with Crippen molar-refractivity contribution in [1.82, 2.24) is 23.8 Å². The number of nitrogens with zero attached hydrogens (tertiary/aromatic N) is 5. The Labute approximate surface area is 225 Å². The van der Waals surface area contributed by atoms with Crippen LogP contribution in [0, 0.1) is 6.92 Å². The van der Waals surface area contributed by atoms with E-state index >= 15 is 0 Å². The maximum Gasteiger partial charge on any atom is 0.333 e. The van der Waals surface area contributed by atoms with Crippen molar-refractivity contribution >= 4 is 27.5 Å². The molecular formula is C28H35N5O4S. The zero-order valence-electron chi connectivity index (χ0n) is 22.9. The highest BCUT2D eigenvalue weighted by molar-refractivity contribution is 7.21. The average Bonchev–Trinajstić information content (AvgIpc) is 3.55. The van der Waals surface area contributed by atoms with Crippen LogP contribution in [-0.2, 0) is 23.3 Å². The van der Waals surface area contributed by atoms with E-state index in [1.54, 1.807) is 41.3 Å². The maximum atomic E-state index is 14.1. The smallest absolute Gasteiger partial charge is 0.333 e. The third-order valence-corrected chi connectivity index (χ3v) is 8.25. The number of methoxy groups -OCH3 is 1. The van der Waals surface area contributed by atoms with Crippen LogP contribution in [0.1, 0.15) is 45.2 Å². The molecule has 0 aliphatic heterocycles. The van der Waals surface area contributed by atoms with Crippen molar-refractivity contribution in [1.29, 1.82) is 0 Å². The summed E-state index contributed by atoms with van der Waals surface area (Å²) in [4.78, 5) is 44.1. The molecule has 0 atom stereocenters. The molecule has 0 spiro atoms. The first-order valence-corrected chi connectivity index (χ1v) is 13.7. The Kier molecular flexibility index (Phi) is 7.91. The number of ether oxygens (including phenoxy) is 1. The summed E-state index contributed by atoms with van der Waals surface area (Å²) in [5, 5.41) is 5.54. The highest BCUT2D eigenvalue weighted by Gasteiger charge is 2.37. The second-order valence-electron chi connectivity index (χ2n) is 9.74. The number of amides is 1. The summed E-state index contributed by atoms with van der Waals surface area (Å²) in [6, 6.07) is 9.48. The number of aromatic nitrogens is 4. The molecule has 10 heteroatoms. The van der Waals surface area contributed by atoms with Crippen LogP contribution in [0.4, 0.5) is 0 Å². The lowest BCUT2D eigenvalue weighted by molar-refractivity contribution is -0.139. The lowest BCUT2D eigenvalue weighted by atomic mass is 10.0. The van der Waals surface area contributed by atoms with Gasteiger partial charge in [0.1, 0.15) is 21.1 Å². The predicted molar refractivity (Wildman–Crippen MR) is 151 cm³/mol. The van der Waals surface area contributed by atoms with Gasteiger partial charge < -0.3 is 9.64 Å². The molecule has 0 N–H and O–H groups in total. The minimum absolute atomic E-state index is 0.253. The summed E-state index contributed by atoms with van der Waals surface area (Å²) in [5.74, 6) is 0.482. The van der Waals surface area contributed by atoms with Gasteiger partial charge in [0.25, 0.3) is 5.56 Å². The molecule has 1 amide bonds. The van der Waals surface area contributed by atoms with Gasteiger partial charge in [-0.15, -0.1) is 0 Å². The minimum atomic E-state index is -1.38. The van der Waals surface area contributed by atoms with E-state index in [2.05, 4.69) is 5.10 Å². The molecule has 0 bridgehead atoms. The largest absolute Gasteiger partial charge is 0.496 e. The predicted octanol–water partition coefficient (Wildman–Crippen LogP) is 3.96. The lowest BCUT2D eigenvalue weighted by Crippen LogP contribution is -2.56. The molecule has 0 unspecified atom stereocenters. The molecule has 0 fully saturated rings. The second-order valence-corrected chi connectivity index (χ2v) is 10.7. The van der Waals surface area contributed by atoms with Crippen molar-refractivity contribution in [2.75, 3.05) is 20.2 Å². The summed E-state index contributed by atoms with van der Waals surface area (Å²) < 4.78 is 9.98. The summed E-state index contributed by atoms with van der Waals surface area (Å²) >= 11 is 1.35. The van der Waals surface area contributed by atoms with Crippen LogP contribution < -0.4 is 16.0 Å². The fraction of sp³-hybridized carbons (Fsp3) is 0.429. The van der Waals surface area contributed by atoms with E-state index in [-0.39, 0.29) is 5.91 Å². The third kappa shape index (κ3) is 4.69. The molecule has 0 aliphatic carbocycles. The molecule has 0 saturated carbocycles. The number of carbonyl (C=O) groups excluding carboxylic acids is 1. The van der Waals surface area contributed by atoms with Crippen LogP contribution in [0.3, 0.4) is 0 Å². The van der Waals surface area contributed by atoms with Crippen LogP contribution in [0.2, 0.25) is 0 Å². The first-order chi connectivity index (χ1) is 18.2. The van der Waals surface area contributed by atoms with Gasteiger partial charge in [0.15, 0.2) is 0 Å². The Balaban J connectivity index is 1.96.